The van der Waals surface area contributed by atoms with Crippen LogP contribution in [-0.2, 0) is 6.54 Å². The molecule has 4 nitrogen and oxygen atoms in total. The molecule has 0 amide bonds. The summed E-state index contributed by atoms with van der Waals surface area (Å²) < 4.78 is 0. The largest absolute Gasteiger partial charge is 0.355 e. The van der Waals surface area contributed by atoms with Crippen molar-refractivity contribution in [3.05, 3.63) is 35.4 Å². The molecule has 0 saturated heterocycles. The van der Waals surface area contributed by atoms with Crippen LogP contribution in [0.1, 0.15) is 30.9 Å². The Balaban J connectivity index is 1.70. The molecule has 0 heterocycles. The lowest BCUT2D eigenvalue weighted by Gasteiger charge is -2.20. The third-order valence-corrected chi connectivity index (χ3v) is 3.93. The van der Waals surface area contributed by atoms with E-state index in [0.717, 1.165) is 38.2 Å². The van der Waals surface area contributed by atoms with Crippen LogP contribution in [0.2, 0.25) is 0 Å². The average molecular weight is 288 g/mol. The maximum atomic E-state index is 4.28. The Morgan fingerprint density at radius 3 is 2.76 bits per heavy atom. The second kappa shape index (κ2) is 8.03. The molecule has 0 radical (unpaired) electrons. The number of nitrogens with zero attached hydrogens (tertiary/aromatic N) is 2. The molecule has 2 N–H and O–H groups in total. The molecule has 0 bridgehead atoms. The van der Waals surface area contributed by atoms with Crippen molar-refractivity contribution in [1.29, 1.82) is 0 Å². The lowest BCUT2D eigenvalue weighted by atomic mass is 10.1. The first-order chi connectivity index (χ1) is 10.2. The molecule has 0 spiro atoms. The van der Waals surface area contributed by atoms with E-state index in [1.165, 1.54) is 24.0 Å². The quantitative estimate of drug-likeness (QED) is 0.596. The fourth-order valence-corrected chi connectivity index (χ4v) is 2.58. The van der Waals surface area contributed by atoms with Crippen LogP contribution < -0.4 is 10.6 Å². The molecular weight excluding hydrogens is 260 g/mol. The summed E-state index contributed by atoms with van der Waals surface area (Å²) in [6.07, 6.45) is 2.74. The highest BCUT2D eigenvalue weighted by Crippen LogP contribution is 2.25. The predicted octanol–water partition coefficient (Wildman–Crippen LogP) is 2.14. The Morgan fingerprint density at radius 1 is 1.33 bits per heavy atom. The van der Waals surface area contributed by atoms with Gasteiger partial charge in [0.05, 0.1) is 0 Å². The number of nitrogens with one attached hydrogen (secondary N) is 2. The number of aliphatic imine (C=N–C) groups is 1. The van der Waals surface area contributed by atoms with E-state index in [1.54, 1.807) is 0 Å². The standard InChI is InChI=1S/C17H28N4/c1-4-21(16-8-9-16)11-10-19-17(18-3)20-13-15-7-5-6-14(2)12-15/h5-7,12,16H,4,8-11,13H2,1-3H3,(H2,18,19,20). The van der Waals surface area contributed by atoms with Crippen LogP contribution in [0.25, 0.3) is 0 Å². The summed E-state index contributed by atoms with van der Waals surface area (Å²) in [5.74, 6) is 0.878. The topological polar surface area (TPSA) is 39.7 Å². The van der Waals surface area contributed by atoms with E-state index in [-0.39, 0.29) is 0 Å². The van der Waals surface area contributed by atoms with E-state index < -0.39 is 0 Å². The third kappa shape index (κ3) is 5.38. The molecule has 21 heavy (non-hydrogen) atoms. The molecule has 4 heteroatoms. The van der Waals surface area contributed by atoms with Crippen LogP contribution >= 0.6 is 0 Å². The zero-order chi connectivity index (χ0) is 15.1. The van der Waals surface area contributed by atoms with Gasteiger partial charge in [0, 0.05) is 32.7 Å². The number of guanidine groups is 1. The van der Waals surface area contributed by atoms with E-state index in [9.17, 15) is 0 Å². The van der Waals surface area contributed by atoms with Crippen LogP contribution in [0, 0.1) is 6.92 Å². The molecule has 0 unspecified atom stereocenters. The van der Waals surface area contributed by atoms with Gasteiger partial charge < -0.3 is 10.6 Å². The van der Waals surface area contributed by atoms with Gasteiger partial charge in [0.15, 0.2) is 5.96 Å². The number of likely N-dealkylation sites (N-methyl/N-ethyl adjacent to an activating group) is 1. The predicted molar refractivity (Wildman–Crippen MR) is 89.6 cm³/mol. The van der Waals surface area contributed by atoms with E-state index in [2.05, 4.69) is 58.6 Å². The molecular formula is C17H28N4. The fourth-order valence-electron chi connectivity index (χ4n) is 2.58. The molecule has 1 fully saturated rings. The Morgan fingerprint density at radius 2 is 2.14 bits per heavy atom. The summed E-state index contributed by atoms with van der Waals surface area (Å²) in [5.41, 5.74) is 2.58. The van der Waals surface area contributed by atoms with Crippen LogP contribution in [0.3, 0.4) is 0 Å². The minimum absolute atomic E-state index is 0.807. The lowest BCUT2D eigenvalue weighted by molar-refractivity contribution is 0.282. The second-order valence-electron chi connectivity index (χ2n) is 5.70. The molecule has 1 aromatic carbocycles. The number of aryl methyl sites for hydroxylation is 1. The summed E-state index contributed by atoms with van der Waals surface area (Å²) >= 11 is 0. The Kier molecular flexibility index (Phi) is 6.05. The maximum absolute atomic E-state index is 4.28. The highest BCUT2D eigenvalue weighted by molar-refractivity contribution is 5.79. The van der Waals surface area contributed by atoms with Gasteiger partial charge in [-0.15, -0.1) is 0 Å². The first kappa shape index (κ1) is 15.8. The fraction of sp³-hybridized carbons (Fsp3) is 0.588. The van der Waals surface area contributed by atoms with Gasteiger partial charge in [0.25, 0.3) is 0 Å². The van der Waals surface area contributed by atoms with Gasteiger partial charge in [-0.25, -0.2) is 0 Å². The normalized spacial score (nSPS) is 15.3. The molecule has 1 aliphatic carbocycles. The Bertz CT molecular complexity index is 466. The molecule has 1 aromatic rings. The summed E-state index contributed by atoms with van der Waals surface area (Å²) in [6, 6.07) is 9.38. The van der Waals surface area contributed by atoms with Gasteiger partial charge >= 0.3 is 0 Å². The zero-order valence-electron chi connectivity index (χ0n) is 13.5. The summed E-state index contributed by atoms with van der Waals surface area (Å²) in [4.78, 5) is 6.83. The molecule has 1 aliphatic rings. The average Bonchev–Trinajstić information content (AvgIpc) is 3.31. The molecule has 0 atom stereocenters. The highest BCUT2D eigenvalue weighted by atomic mass is 15.2. The van der Waals surface area contributed by atoms with Gasteiger partial charge in [0.2, 0.25) is 0 Å². The monoisotopic (exact) mass is 288 g/mol. The molecule has 1 saturated carbocycles. The van der Waals surface area contributed by atoms with E-state index in [0.29, 0.717) is 0 Å². The van der Waals surface area contributed by atoms with Crippen LogP contribution in [0.5, 0.6) is 0 Å². The van der Waals surface area contributed by atoms with Gasteiger partial charge in [-0.3, -0.25) is 9.89 Å². The van der Waals surface area contributed by atoms with Crippen molar-refractivity contribution >= 4 is 5.96 Å². The van der Waals surface area contributed by atoms with Crippen LogP contribution in [0.15, 0.2) is 29.3 Å². The van der Waals surface area contributed by atoms with Crippen molar-refractivity contribution in [1.82, 2.24) is 15.5 Å². The Labute approximate surface area is 128 Å². The van der Waals surface area contributed by atoms with Crippen LogP contribution in [0.4, 0.5) is 0 Å². The number of hydrogen-bond acceptors (Lipinski definition) is 2. The molecule has 0 aromatic heterocycles. The van der Waals surface area contributed by atoms with Crippen molar-refractivity contribution < 1.29 is 0 Å². The summed E-state index contributed by atoms with van der Waals surface area (Å²) in [7, 11) is 1.82. The molecule has 116 valence electrons. The minimum atomic E-state index is 0.807. The SMILES string of the molecule is CCN(CCNC(=NC)NCc1cccc(C)c1)C1CC1. The van der Waals surface area contributed by atoms with E-state index >= 15 is 0 Å². The van der Waals surface area contributed by atoms with Gasteiger partial charge in [-0.2, -0.15) is 0 Å². The van der Waals surface area contributed by atoms with Crippen LogP contribution in [-0.4, -0.2) is 43.6 Å². The first-order valence-corrected chi connectivity index (χ1v) is 7.97. The number of rotatable bonds is 7. The Hall–Kier alpha value is -1.55. The van der Waals surface area contributed by atoms with Gasteiger partial charge in [-0.1, -0.05) is 36.8 Å². The maximum Gasteiger partial charge on any atom is 0.191 e. The van der Waals surface area contributed by atoms with Crippen molar-refractivity contribution in [3.8, 4) is 0 Å². The van der Waals surface area contributed by atoms with Gasteiger partial charge in [0.1, 0.15) is 0 Å². The summed E-state index contributed by atoms with van der Waals surface area (Å²) in [5, 5.41) is 6.77. The first-order valence-electron chi connectivity index (χ1n) is 7.97. The highest BCUT2D eigenvalue weighted by Gasteiger charge is 2.27. The van der Waals surface area contributed by atoms with Crippen molar-refractivity contribution in [3.63, 3.8) is 0 Å². The van der Waals surface area contributed by atoms with Crippen molar-refractivity contribution in [2.75, 3.05) is 26.7 Å². The minimum Gasteiger partial charge on any atom is -0.355 e. The van der Waals surface area contributed by atoms with Gasteiger partial charge in [-0.05, 0) is 31.9 Å². The van der Waals surface area contributed by atoms with E-state index in [4.69, 9.17) is 0 Å². The second-order valence-corrected chi connectivity index (χ2v) is 5.70. The lowest BCUT2D eigenvalue weighted by Crippen LogP contribution is -2.41. The molecule has 0 aliphatic heterocycles. The summed E-state index contributed by atoms with van der Waals surface area (Å²) in [6.45, 7) is 8.34. The third-order valence-electron chi connectivity index (χ3n) is 3.93. The van der Waals surface area contributed by atoms with E-state index in [1.807, 2.05) is 7.05 Å². The van der Waals surface area contributed by atoms with Crippen molar-refractivity contribution in [2.24, 2.45) is 4.99 Å². The smallest absolute Gasteiger partial charge is 0.191 e. The number of hydrogen-bond donors (Lipinski definition) is 2. The van der Waals surface area contributed by atoms with Crippen molar-refractivity contribution in [2.45, 2.75) is 39.3 Å². The number of benzene rings is 1. The molecule has 2 rings (SSSR count). The zero-order valence-corrected chi connectivity index (χ0v) is 13.5.